The van der Waals surface area contributed by atoms with Crippen LogP contribution in [0, 0.1) is 17.2 Å². The zero-order chi connectivity index (χ0) is 16.2. The van der Waals surface area contributed by atoms with Crippen molar-refractivity contribution in [2.45, 2.75) is 31.2 Å². The van der Waals surface area contributed by atoms with E-state index in [1.54, 1.807) is 13.8 Å². The highest BCUT2D eigenvalue weighted by atomic mass is 35.5. The van der Waals surface area contributed by atoms with Crippen molar-refractivity contribution in [1.29, 1.82) is 5.26 Å². The average Bonchev–Trinajstić information content (AvgIpc) is 2.43. The molecule has 0 saturated heterocycles. The summed E-state index contributed by atoms with van der Waals surface area (Å²) in [5.41, 5.74) is 0.146. The second-order valence-corrected chi connectivity index (χ2v) is 6.70. The quantitative estimate of drug-likeness (QED) is 0.829. The van der Waals surface area contributed by atoms with Crippen molar-refractivity contribution >= 4 is 27.6 Å². The van der Waals surface area contributed by atoms with Crippen molar-refractivity contribution in [1.82, 2.24) is 4.72 Å². The Balaban J connectivity index is 3.14. The number of carbonyl (C=O) groups is 1. The molecule has 0 bridgehead atoms. The summed E-state index contributed by atoms with van der Waals surface area (Å²) in [4.78, 5) is 11.0. The fourth-order valence-electron chi connectivity index (χ4n) is 1.63. The molecule has 0 aliphatic rings. The van der Waals surface area contributed by atoms with Crippen molar-refractivity contribution in [2.75, 3.05) is 0 Å². The smallest absolute Gasteiger partial charge is 0.322 e. The average molecular weight is 331 g/mol. The van der Waals surface area contributed by atoms with Crippen LogP contribution in [0.4, 0.5) is 0 Å². The number of rotatable bonds is 6. The second kappa shape index (κ2) is 6.89. The molecule has 1 aromatic carbocycles. The van der Waals surface area contributed by atoms with E-state index in [2.05, 4.69) is 4.72 Å². The highest BCUT2D eigenvalue weighted by Crippen LogP contribution is 2.21. The molecule has 0 aliphatic carbocycles. The summed E-state index contributed by atoms with van der Waals surface area (Å²) in [7, 11) is -4.03. The summed E-state index contributed by atoms with van der Waals surface area (Å²) in [6.45, 7) is 3.42. The van der Waals surface area contributed by atoms with Crippen LogP contribution in [-0.2, 0) is 14.8 Å². The summed E-state index contributed by atoms with van der Waals surface area (Å²) in [6.07, 6.45) is 0.508. The van der Waals surface area contributed by atoms with Crippen LogP contribution in [0.15, 0.2) is 23.1 Å². The van der Waals surface area contributed by atoms with Gasteiger partial charge in [-0.05, 0) is 24.1 Å². The molecule has 0 spiro atoms. The number of benzene rings is 1. The van der Waals surface area contributed by atoms with Gasteiger partial charge in [0.15, 0.2) is 0 Å². The van der Waals surface area contributed by atoms with Gasteiger partial charge in [0.2, 0.25) is 10.0 Å². The van der Waals surface area contributed by atoms with Crippen LogP contribution in [0.2, 0.25) is 5.02 Å². The third-order valence-electron chi connectivity index (χ3n) is 3.13. The van der Waals surface area contributed by atoms with E-state index in [-0.39, 0.29) is 21.4 Å². The number of carboxylic acids is 1. The van der Waals surface area contributed by atoms with Crippen molar-refractivity contribution in [3.8, 4) is 6.07 Å². The number of aliphatic carboxylic acids is 1. The maximum Gasteiger partial charge on any atom is 0.322 e. The minimum Gasteiger partial charge on any atom is -0.480 e. The molecule has 2 atom stereocenters. The standard InChI is InChI=1S/C13H15ClN2O4S/c1-3-8(2)12(13(17)18)16-21(19,20)10-5-4-9(7-15)11(14)6-10/h4-6,8,12,16H,3H2,1-2H3,(H,17,18)/t8?,12-/m0/s1. The number of nitriles is 1. The molecule has 8 heteroatoms. The first kappa shape index (κ1) is 17.4. The van der Waals surface area contributed by atoms with Crippen LogP contribution < -0.4 is 4.72 Å². The van der Waals surface area contributed by atoms with Gasteiger partial charge in [0.25, 0.3) is 0 Å². The number of carboxylic acid groups (broad SMARTS) is 1. The molecule has 114 valence electrons. The van der Waals surface area contributed by atoms with Gasteiger partial charge in [0, 0.05) is 0 Å². The molecule has 1 aromatic rings. The topological polar surface area (TPSA) is 107 Å². The van der Waals surface area contributed by atoms with E-state index < -0.39 is 22.0 Å². The van der Waals surface area contributed by atoms with E-state index in [1.807, 2.05) is 6.07 Å². The normalized spacial score (nSPS) is 14.2. The molecule has 0 amide bonds. The summed E-state index contributed by atoms with van der Waals surface area (Å²) in [5.74, 6) is -1.61. The van der Waals surface area contributed by atoms with E-state index in [0.717, 1.165) is 6.07 Å². The Morgan fingerprint density at radius 3 is 2.57 bits per heavy atom. The molecule has 0 aromatic heterocycles. The maximum absolute atomic E-state index is 12.2. The number of halogens is 1. The first-order chi connectivity index (χ1) is 9.72. The molecule has 6 nitrogen and oxygen atoms in total. The van der Waals surface area contributed by atoms with E-state index in [9.17, 15) is 13.2 Å². The predicted molar refractivity (Wildman–Crippen MR) is 77.4 cm³/mol. The third-order valence-corrected chi connectivity index (χ3v) is 4.88. The first-order valence-electron chi connectivity index (χ1n) is 6.17. The second-order valence-electron chi connectivity index (χ2n) is 4.58. The predicted octanol–water partition coefficient (Wildman–Crippen LogP) is 1.99. The van der Waals surface area contributed by atoms with Crippen LogP contribution in [0.1, 0.15) is 25.8 Å². The maximum atomic E-state index is 12.2. The van der Waals surface area contributed by atoms with Crippen molar-refractivity contribution in [2.24, 2.45) is 5.92 Å². The Labute approximate surface area is 128 Å². The molecular formula is C13H15ClN2O4S. The van der Waals surface area contributed by atoms with Gasteiger partial charge < -0.3 is 5.11 Å². The molecule has 2 N–H and O–H groups in total. The summed E-state index contributed by atoms with van der Waals surface area (Å²) < 4.78 is 26.6. The number of nitrogens with zero attached hydrogens (tertiary/aromatic N) is 1. The summed E-state index contributed by atoms with van der Waals surface area (Å²) >= 11 is 5.79. The minimum absolute atomic E-state index is 0.00390. The van der Waals surface area contributed by atoms with Gasteiger partial charge in [0.05, 0.1) is 15.5 Å². The Hall–Kier alpha value is -1.62. The summed E-state index contributed by atoms with van der Waals surface area (Å²) in [6, 6.07) is 4.20. The van der Waals surface area contributed by atoms with Crippen LogP contribution in [0.5, 0.6) is 0 Å². The van der Waals surface area contributed by atoms with Gasteiger partial charge in [-0.2, -0.15) is 9.98 Å². The van der Waals surface area contributed by atoms with E-state index in [0.29, 0.717) is 6.42 Å². The SMILES string of the molecule is CCC(C)[C@H](NS(=O)(=O)c1ccc(C#N)c(Cl)c1)C(=O)O. The fourth-order valence-corrected chi connectivity index (χ4v) is 3.25. The Morgan fingerprint density at radius 2 is 2.14 bits per heavy atom. The lowest BCUT2D eigenvalue weighted by molar-refractivity contribution is -0.140. The molecule has 0 fully saturated rings. The lowest BCUT2D eigenvalue weighted by atomic mass is 10.0. The van der Waals surface area contributed by atoms with Gasteiger partial charge in [0.1, 0.15) is 12.1 Å². The van der Waals surface area contributed by atoms with E-state index in [1.165, 1.54) is 12.1 Å². The van der Waals surface area contributed by atoms with Gasteiger partial charge in [-0.15, -0.1) is 0 Å². The molecular weight excluding hydrogens is 316 g/mol. The number of sulfonamides is 1. The van der Waals surface area contributed by atoms with Crippen LogP contribution in [0.25, 0.3) is 0 Å². The lowest BCUT2D eigenvalue weighted by Crippen LogP contribution is -2.44. The Kier molecular flexibility index (Phi) is 5.72. The monoisotopic (exact) mass is 330 g/mol. The number of nitrogens with one attached hydrogen (secondary N) is 1. The molecule has 1 unspecified atom stereocenters. The third kappa shape index (κ3) is 4.17. The highest BCUT2D eigenvalue weighted by molar-refractivity contribution is 7.89. The van der Waals surface area contributed by atoms with E-state index >= 15 is 0 Å². The zero-order valence-corrected chi connectivity index (χ0v) is 13.1. The molecule has 21 heavy (non-hydrogen) atoms. The van der Waals surface area contributed by atoms with Gasteiger partial charge in [-0.3, -0.25) is 4.79 Å². The highest BCUT2D eigenvalue weighted by Gasteiger charge is 2.29. The first-order valence-corrected chi connectivity index (χ1v) is 8.03. The van der Waals surface area contributed by atoms with Crippen LogP contribution in [0.3, 0.4) is 0 Å². The van der Waals surface area contributed by atoms with Crippen molar-refractivity contribution in [3.05, 3.63) is 28.8 Å². The Morgan fingerprint density at radius 1 is 1.52 bits per heavy atom. The molecule has 0 aliphatic heterocycles. The lowest BCUT2D eigenvalue weighted by Gasteiger charge is -2.20. The zero-order valence-electron chi connectivity index (χ0n) is 11.5. The van der Waals surface area contributed by atoms with Crippen LogP contribution in [-0.4, -0.2) is 25.5 Å². The minimum atomic E-state index is -4.03. The summed E-state index contributed by atoms with van der Waals surface area (Å²) in [5, 5.41) is 17.9. The molecule has 1 rings (SSSR count). The number of hydrogen-bond donors (Lipinski definition) is 2. The molecule has 0 heterocycles. The van der Waals surface area contributed by atoms with Gasteiger partial charge in [-0.25, -0.2) is 8.42 Å². The Bertz CT molecular complexity index is 682. The van der Waals surface area contributed by atoms with E-state index in [4.69, 9.17) is 22.0 Å². The van der Waals surface area contributed by atoms with Crippen molar-refractivity contribution in [3.63, 3.8) is 0 Å². The fraction of sp³-hybridized carbons (Fsp3) is 0.385. The largest absolute Gasteiger partial charge is 0.480 e. The number of hydrogen-bond acceptors (Lipinski definition) is 4. The van der Waals surface area contributed by atoms with Crippen LogP contribution >= 0.6 is 11.6 Å². The molecule has 0 saturated carbocycles. The van der Waals surface area contributed by atoms with Gasteiger partial charge >= 0.3 is 5.97 Å². The van der Waals surface area contributed by atoms with Crippen molar-refractivity contribution < 1.29 is 18.3 Å². The molecule has 0 radical (unpaired) electrons. The van der Waals surface area contributed by atoms with Gasteiger partial charge in [-0.1, -0.05) is 31.9 Å².